The van der Waals surface area contributed by atoms with E-state index in [4.69, 9.17) is 0 Å². The first-order valence-corrected chi connectivity index (χ1v) is 9.27. The molecule has 0 amide bonds. The van der Waals surface area contributed by atoms with Gasteiger partial charge in [0, 0.05) is 5.41 Å². The molecule has 124 valence electrons. The number of fused-ring (bicyclic) bond motifs is 3. The molecule has 4 aliphatic rings. The molecule has 0 aromatic heterocycles. The van der Waals surface area contributed by atoms with Crippen LogP contribution in [0.1, 0.15) is 65.7 Å². The molecule has 0 saturated heterocycles. The number of hydrogen-bond acceptors (Lipinski definition) is 2. The number of allylic oxidation sites excluding steroid dienone is 2. The minimum absolute atomic E-state index is 0.127. The summed E-state index contributed by atoms with van der Waals surface area (Å²) in [6.45, 7) is 7.18. The molecule has 2 N–H and O–H groups in total. The van der Waals surface area contributed by atoms with Crippen LogP contribution in [0.15, 0.2) is 12.2 Å². The quantitative estimate of drug-likeness (QED) is 0.721. The van der Waals surface area contributed by atoms with E-state index in [0.717, 1.165) is 18.8 Å². The molecule has 2 nitrogen and oxygen atoms in total. The first-order valence-electron chi connectivity index (χ1n) is 9.27. The summed E-state index contributed by atoms with van der Waals surface area (Å²) >= 11 is 0. The minimum atomic E-state index is -0.336. The highest BCUT2D eigenvalue weighted by molar-refractivity contribution is 5.25. The van der Waals surface area contributed by atoms with Crippen molar-refractivity contribution in [1.82, 2.24) is 0 Å². The summed E-state index contributed by atoms with van der Waals surface area (Å²) < 4.78 is 0. The number of hydrogen-bond donors (Lipinski definition) is 2. The lowest BCUT2D eigenvalue weighted by Crippen LogP contribution is -2.61. The van der Waals surface area contributed by atoms with E-state index in [1.165, 1.54) is 32.1 Å². The fraction of sp³-hybridized carbons (Fsp3) is 0.900. The van der Waals surface area contributed by atoms with Crippen molar-refractivity contribution in [2.45, 2.75) is 71.8 Å². The Morgan fingerprint density at radius 1 is 0.955 bits per heavy atom. The van der Waals surface area contributed by atoms with E-state index in [2.05, 4.69) is 32.9 Å². The molecule has 7 atom stereocenters. The lowest BCUT2D eigenvalue weighted by molar-refractivity contribution is -0.194. The van der Waals surface area contributed by atoms with Crippen molar-refractivity contribution in [2.24, 2.45) is 33.5 Å². The summed E-state index contributed by atoms with van der Waals surface area (Å²) in [6, 6.07) is 0. The van der Waals surface area contributed by atoms with Gasteiger partial charge in [-0.2, -0.15) is 0 Å². The zero-order valence-electron chi connectivity index (χ0n) is 14.4. The van der Waals surface area contributed by atoms with E-state index in [1.54, 1.807) is 0 Å². The Balaban J connectivity index is 1.74. The van der Waals surface area contributed by atoms with E-state index < -0.39 is 0 Å². The van der Waals surface area contributed by atoms with Gasteiger partial charge in [0.25, 0.3) is 0 Å². The van der Waals surface area contributed by atoms with Gasteiger partial charge in [-0.15, -0.1) is 0 Å². The average Bonchev–Trinajstić information content (AvgIpc) is 2.73. The van der Waals surface area contributed by atoms with Crippen LogP contribution in [0.4, 0.5) is 0 Å². The second-order valence-corrected chi connectivity index (χ2v) is 9.80. The molecule has 0 aromatic rings. The third-order valence-corrected chi connectivity index (χ3v) is 8.59. The molecule has 1 spiro atoms. The van der Waals surface area contributed by atoms with Crippen LogP contribution in [0.5, 0.6) is 0 Å². The van der Waals surface area contributed by atoms with Crippen LogP contribution in [0.25, 0.3) is 0 Å². The van der Waals surface area contributed by atoms with Gasteiger partial charge in [0.15, 0.2) is 0 Å². The maximum absolute atomic E-state index is 10.6. The van der Waals surface area contributed by atoms with Crippen LogP contribution in [-0.4, -0.2) is 22.9 Å². The van der Waals surface area contributed by atoms with E-state index in [9.17, 15) is 10.2 Å². The van der Waals surface area contributed by atoms with E-state index in [0.29, 0.717) is 16.7 Å². The van der Waals surface area contributed by atoms with Crippen LogP contribution >= 0.6 is 0 Å². The molecule has 0 radical (unpaired) electrons. The third kappa shape index (κ3) is 1.69. The predicted octanol–water partition coefficient (Wildman–Crippen LogP) is 3.92. The summed E-state index contributed by atoms with van der Waals surface area (Å²) in [5.74, 6) is 1.20. The summed E-state index contributed by atoms with van der Waals surface area (Å²) in [6.07, 6.45) is 13.2. The van der Waals surface area contributed by atoms with Crippen molar-refractivity contribution in [1.29, 1.82) is 0 Å². The number of aliphatic hydroxyl groups excluding tert-OH is 2. The standard InChI is InChI=1S/C20H32O2/c1-17-7-4-15-18(2)8-6-16(22)19(3,13-21)14(18)5-9-20(15,12-17)11-10-17/h10-11,14-16,21-22H,4-9,12-13H2,1-3H3/t14-,15-,16+,17+,18+,19-,20-/m0/s1. The summed E-state index contributed by atoms with van der Waals surface area (Å²) in [5, 5.41) is 20.6. The molecule has 2 heteroatoms. The molecule has 3 fully saturated rings. The Kier molecular flexibility index (Phi) is 3.03. The second-order valence-electron chi connectivity index (χ2n) is 9.80. The van der Waals surface area contributed by atoms with Crippen LogP contribution in [0.2, 0.25) is 0 Å². The second kappa shape index (κ2) is 4.39. The van der Waals surface area contributed by atoms with Gasteiger partial charge in [-0.05, 0) is 73.0 Å². The molecular weight excluding hydrogens is 272 g/mol. The van der Waals surface area contributed by atoms with Crippen LogP contribution in [-0.2, 0) is 0 Å². The fourth-order valence-electron chi connectivity index (χ4n) is 7.38. The fourth-order valence-corrected chi connectivity index (χ4v) is 7.38. The third-order valence-electron chi connectivity index (χ3n) is 8.59. The van der Waals surface area contributed by atoms with Crippen LogP contribution < -0.4 is 0 Å². The molecule has 22 heavy (non-hydrogen) atoms. The molecule has 0 heterocycles. The van der Waals surface area contributed by atoms with Gasteiger partial charge in [0.2, 0.25) is 0 Å². The van der Waals surface area contributed by atoms with Gasteiger partial charge in [-0.3, -0.25) is 0 Å². The van der Waals surface area contributed by atoms with E-state index in [1.807, 2.05) is 0 Å². The van der Waals surface area contributed by atoms with Gasteiger partial charge in [0.1, 0.15) is 0 Å². The highest BCUT2D eigenvalue weighted by atomic mass is 16.3. The van der Waals surface area contributed by atoms with Crippen molar-refractivity contribution in [3.05, 3.63) is 12.2 Å². The zero-order chi connectivity index (χ0) is 15.8. The van der Waals surface area contributed by atoms with Gasteiger partial charge in [0.05, 0.1) is 12.7 Å². The normalized spacial score (nSPS) is 60.0. The monoisotopic (exact) mass is 304 g/mol. The highest BCUT2D eigenvalue weighted by Crippen LogP contribution is 2.71. The maximum atomic E-state index is 10.6. The first-order chi connectivity index (χ1) is 10.3. The molecule has 0 aliphatic heterocycles. The number of rotatable bonds is 1. The minimum Gasteiger partial charge on any atom is -0.396 e. The van der Waals surface area contributed by atoms with Crippen molar-refractivity contribution < 1.29 is 10.2 Å². The smallest absolute Gasteiger partial charge is 0.0618 e. The van der Waals surface area contributed by atoms with Crippen molar-refractivity contribution in [3.63, 3.8) is 0 Å². The maximum Gasteiger partial charge on any atom is 0.0618 e. The van der Waals surface area contributed by atoms with Crippen molar-refractivity contribution in [2.75, 3.05) is 6.61 Å². The Labute approximate surface area is 135 Å². The van der Waals surface area contributed by atoms with E-state index in [-0.39, 0.29) is 23.5 Å². The average molecular weight is 304 g/mol. The molecular formula is C20H32O2. The summed E-state index contributed by atoms with van der Waals surface area (Å²) in [7, 11) is 0. The van der Waals surface area contributed by atoms with Gasteiger partial charge >= 0.3 is 0 Å². The largest absolute Gasteiger partial charge is 0.396 e. The Bertz CT molecular complexity index is 514. The summed E-state index contributed by atoms with van der Waals surface area (Å²) in [4.78, 5) is 0. The van der Waals surface area contributed by atoms with Crippen molar-refractivity contribution >= 4 is 0 Å². The summed E-state index contributed by atoms with van der Waals surface area (Å²) in [5.41, 5.74) is 0.827. The SMILES string of the molecule is C[C@]12C=C[C@@]3(CC[C@@H]4[C@](C)(CO)[C@H](O)CC[C@@]4(C)[C@@H]3CC1)C2. The Morgan fingerprint density at radius 2 is 1.68 bits per heavy atom. The van der Waals surface area contributed by atoms with Gasteiger partial charge in [-0.25, -0.2) is 0 Å². The molecule has 3 saturated carbocycles. The lowest BCUT2D eigenvalue weighted by atomic mass is 9.40. The van der Waals surface area contributed by atoms with Crippen molar-refractivity contribution in [3.8, 4) is 0 Å². The topological polar surface area (TPSA) is 40.5 Å². The molecule has 0 unspecified atom stereocenters. The molecule has 0 aromatic carbocycles. The van der Waals surface area contributed by atoms with Crippen LogP contribution in [0, 0.1) is 33.5 Å². The Hall–Kier alpha value is -0.340. The molecule has 2 bridgehead atoms. The van der Waals surface area contributed by atoms with E-state index >= 15 is 0 Å². The lowest BCUT2D eigenvalue weighted by Gasteiger charge is -2.65. The highest BCUT2D eigenvalue weighted by Gasteiger charge is 2.64. The molecule has 4 aliphatic carbocycles. The first kappa shape index (κ1) is 15.2. The van der Waals surface area contributed by atoms with Gasteiger partial charge in [-0.1, -0.05) is 32.9 Å². The number of aliphatic hydroxyl groups is 2. The van der Waals surface area contributed by atoms with Crippen LogP contribution in [0.3, 0.4) is 0 Å². The molecule has 4 rings (SSSR count). The Morgan fingerprint density at radius 3 is 2.41 bits per heavy atom. The zero-order valence-corrected chi connectivity index (χ0v) is 14.4. The predicted molar refractivity (Wildman–Crippen MR) is 88.3 cm³/mol. The van der Waals surface area contributed by atoms with Gasteiger partial charge < -0.3 is 10.2 Å².